The number of nitrogens with zero attached hydrogens (tertiary/aromatic N) is 1. The summed E-state index contributed by atoms with van der Waals surface area (Å²) in [5.74, 6) is -2.01. The maximum atomic E-state index is 15.2. The first kappa shape index (κ1) is 16.6. The number of rotatable bonds is 2. The lowest BCUT2D eigenvalue weighted by Gasteiger charge is -2.36. The van der Waals surface area contributed by atoms with E-state index in [9.17, 15) is 13.6 Å². The first-order chi connectivity index (χ1) is 12.9. The monoisotopic (exact) mass is 391 g/mol. The van der Waals surface area contributed by atoms with Gasteiger partial charge >= 0.3 is 0 Å². The molecule has 138 valence electrons. The van der Waals surface area contributed by atoms with E-state index in [0.29, 0.717) is 23.9 Å². The predicted molar refractivity (Wildman–Crippen MR) is 96.1 cm³/mol. The molecule has 0 bridgehead atoms. The van der Waals surface area contributed by atoms with Gasteiger partial charge in [0, 0.05) is 16.1 Å². The Morgan fingerprint density at radius 1 is 1.19 bits per heavy atom. The highest BCUT2D eigenvalue weighted by Gasteiger charge is 2.56. The Kier molecular flexibility index (Phi) is 3.37. The molecule has 2 N–H and O–H groups in total. The quantitative estimate of drug-likeness (QED) is 0.685. The number of benzene rings is 2. The van der Waals surface area contributed by atoms with E-state index < -0.39 is 34.8 Å². The van der Waals surface area contributed by atoms with Gasteiger partial charge in [-0.25, -0.2) is 18.3 Å². The van der Waals surface area contributed by atoms with Crippen molar-refractivity contribution in [3.8, 4) is 0 Å². The molecule has 3 aromatic rings. The summed E-state index contributed by atoms with van der Waals surface area (Å²) in [5.41, 5.74) is -1.31. The van der Waals surface area contributed by atoms with Crippen LogP contribution in [0.25, 0.3) is 10.8 Å². The number of alkyl halides is 1. The van der Waals surface area contributed by atoms with Gasteiger partial charge in [0.1, 0.15) is 17.3 Å². The van der Waals surface area contributed by atoms with Crippen LogP contribution in [-0.2, 0) is 0 Å². The zero-order valence-electron chi connectivity index (χ0n) is 13.8. The molecule has 0 radical (unpaired) electrons. The lowest BCUT2D eigenvalue weighted by atomic mass is 9.80. The minimum absolute atomic E-state index is 0.0871. The van der Waals surface area contributed by atoms with Crippen molar-refractivity contribution in [3.05, 3.63) is 68.6 Å². The highest BCUT2D eigenvalue weighted by Crippen LogP contribution is 2.53. The molecular formula is C19H13ClF3N3O. The molecule has 1 fully saturated rings. The van der Waals surface area contributed by atoms with E-state index >= 15 is 4.39 Å². The van der Waals surface area contributed by atoms with Crippen LogP contribution in [0.5, 0.6) is 0 Å². The molecule has 2 atom stereocenters. The lowest BCUT2D eigenvalue weighted by molar-refractivity contribution is 0.251. The van der Waals surface area contributed by atoms with E-state index in [0.717, 1.165) is 12.1 Å². The third-order valence-corrected chi connectivity index (χ3v) is 5.64. The lowest BCUT2D eigenvalue weighted by Crippen LogP contribution is -2.42. The van der Waals surface area contributed by atoms with Crippen molar-refractivity contribution in [3.63, 3.8) is 0 Å². The second kappa shape index (κ2) is 5.48. The number of hydrogen-bond donors (Lipinski definition) is 2. The van der Waals surface area contributed by atoms with Gasteiger partial charge < -0.3 is 5.32 Å². The van der Waals surface area contributed by atoms with Crippen LogP contribution in [0.3, 0.4) is 0 Å². The first-order valence-electron chi connectivity index (χ1n) is 8.50. The minimum Gasteiger partial charge on any atom is -0.377 e. The summed E-state index contributed by atoms with van der Waals surface area (Å²) in [6.45, 7) is 0. The van der Waals surface area contributed by atoms with Gasteiger partial charge in [0.05, 0.1) is 23.0 Å². The number of halogens is 4. The molecule has 8 heteroatoms. The molecule has 1 aliphatic heterocycles. The topological polar surface area (TPSA) is 57.8 Å². The van der Waals surface area contributed by atoms with E-state index in [1.807, 2.05) is 0 Å². The third-order valence-electron chi connectivity index (χ3n) is 5.40. The summed E-state index contributed by atoms with van der Waals surface area (Å²) in [6, 6.07) is 5.65. The molecule has 1 saturated carbocycles. The SMILES string of the molecule is O=c1[nH]nc2c3c(cc(F)cc13)NC(C1(F)CC1)[C@H]2c1ccc(Cl)cc1F. The Morgan fingerprint density at radius 3 is 2.67 bits per heavy atom. The van der Waals surface area contributed by atoms with Gasteiger partial charge in [-0.1, -0.05) is 17.7 Å². The van der Waals surface area contributed by atoms with Crippen LogP contribution in [0.1, 0.15) is 30.0 Å². The molecule has 2 heterocycles. The summed E-state index contributed by atoms with van der Waals surface area (Å²) in [7, 11) is 0. The van der Waals surface area contributed by atoms with E-state index in [4.69, 9.17) is 11.6 Å². The number of aromatic nitrogens is 2. The van der Waals surface area contributed by atoms with Crippen LogP contribution in [0.15, 0.2) is 35.1 Å². The molecule has 0 saturated heterocycles. The molecule has 2 aromatic carbocycles. The Morgan fingerprint density at radius 2 is 1.96 bits per heavy atom. The summed E-state index contributed by atoms with van der Waals surface area (Å²) in [6.07, 6.45) is 0.626. The van der Waals surface area contributed by atoms with Crippen molar-refractivity contribution in [1.29, 1.82) is 0 Å². The average molecular weight is 392 g/mol. The van der Waals surface area contributed by atoms with Crippen LogP contribution in [0, 0.1) is 11.6 Å². The molecule has 2 aliphatic rings. The van der Waals surface area contributed by atoms with Gasteiger partial charge in [-0.15, -0.1) is 0 Å². The molecule has 0 amide bonds. The van der Waals surface area contributed by atoms with Gasteiger partial charge in [-0.05, 0) is 42.7 Å². The molecule has 1 aliphatic carbocycles. The van der Waals surface area contributed by atoms with E-state index in [2.05, 4.69) is 15.5 Å². The molecule has 4 nitrogen and oxygen atoms in total. The van der Waals surface area contributed by atoms with Crippen molar-refractivity contribution in [1.82, 2.24) is 10.2 Å². The molecule has 27 heavy (non-hydrogen) atoms. The fraction of sp³-hybridized carbons (Fsp3) is 0.263. The molecular weight excluding hydrogens is 379 g/mol. The molecule has 1 unspecified atom stereocenters. The van der Waals surface area contributed by atoms with Gasteiger partial charge in [0.15, 0.2) is 0 Å². The Balaban J connectivity index is 1.83. The number of nitrogens with one attached hydrogen (secondary N) is 2. The second-order valence-corrected chi connectivity index (χ2v) is 7.55. The first-order valence-corrected chi connectivity index (χ1v) is 8.87. The van der Waals surface area contributed by atoms with Crippen LogP contribution >= 0.6 is 11.6 Å². The van der Waals surface area contributed by atoms with E-state index in [1.165, 1.54) is 18.2 Å². The highest BCUT2D eigenvalue weighted by molar-refractivity contribution is 6.30. The minimum atomic E-state index is -1.56. The van der Waals surface area contributed by atoms with Crippen molar-refractivity contribution in [2.45, 2.75) is 30.5 Å². The standard InChI is InChI=1S/C19H13ClF3N3O/c20-8-1-2-10(12(22)5-8)15-16-14-11(18(27)26-25-16)6-9(21)7-13(14)24-17(15)19(23)3-4-19/h1-2,5-7,15,17,24H,3-4H2,(H,26,27)/t15-,17?/m0/s1. The summed E-state index contributed by atoms with van der Waals surface area (Å²) < 4.78 is 43.9. The number of anilines is 1. The fourth-order valence-corrected chi connectivity index (χ4v) is 4.13. The van der Waals surface area contributed by atoms with Gasteiger partial charge in [-0.2, -0.15) is 5.10 Å². The maximum absolute atomic E-state index is 15.2. The average Bonchev–Trinajstić information content (AvgIpc) is 3.36. The summed E-state index contributed by atoms with van der Waals surface area (Å²) in [4.78, 5) is 12.1. The molecule has 5 rings (SSSR count). The van der Waals surface area contributed by atoms with Crippen molar-refractivity contribution < 1.29 is 13.2 Å². The predicted octanol–water partition coefficient (Wildman–Crippen LogP) is 4.28. The second-order valence-electron chi connectivity index (χ2n) is 7.11. The largest absolute Gasteiger partial charge is 0.377 e. The Bertz CT molecular complexity index is 1160. The van der Waals surface area contributed by atoms with Gasteiger partial charge in [0.25, 0.3) is 5.56 Å². The maximum Gasteiger partial charge on any atom is 0.272 e. The van der Waals surface area contributed by atoms with Crippen LogP contribution in [0.2, 0.25) is 5.02 Å². The number of H-pyrrole nitrogens is 1. The molecule has 0 spiro atoms. The zero-order chi connectivity index (χ0) is 18.9. The van der Waals surface area contributed by atoms with Crippen molar-refractivity contribution in [2.75, 3.05) is 5.32 Å². The normalized spacial score (nSPS) is 22.5. The zero-order valence-corrected chi connectivity index (χ0v) is 14.6. The van der Waals surface area contributed by atoms with Crippen molar-refractivity contribution >= 4 is 28.1 Å². The Hall–Kier alpha value is -2.54. The van der Waals surface area contributed by atoms with E-state index in [-0.39, 0.29) is 21.7 Å². The summed E-state index contributed by atoms with van der Waals surface area (Å²) in [5, 5.41) is 10.1. The van der Waals surface area contributed by atoms with Gasteiger partial charge in [0.2, 0.25) is 0 Å². The Labute approximate surface area is 156 Å². The fourth-order valence-electron chi connectivity index (χ4n) is 3.98. The molecule has 1 aromatic heterocycles. The number of aromatic amines is 1. The highest BCUT2D eigenvalue weighted by atomic mass is 35.5. The summed E-state index contributed by atoms with van der Waals surface area (Å²) >= 11 is 5.86. The van der Waals surface area contributed by atoms with Crippen LogP contribution in [0.4, 0.5) is 18.9 Å². The van der Waals surface area contributed by atoms with Crippen molar-refractivity contribution in [2.24, 2.45) is 0 Å². The van der Waals surface area contributed by atoms with Gasteiger partial charge in [-0.3, -0.25) is 4.79 Å². The van der Waals surface area contributed by atoms with Crippen LogP contribution in [-0.4, -0.2) is 21.9 Å². The van der Waals surface area contributed by atoms with Crippen LogP contribution < -0.4 is 10.9 Å². The smallest absolute Gasteiger partial charge is 0.272 e. The number of hydrogen-bond acceptors (Lipinski definition) is 3. The van der Waals surface area contributed by atoms with E-state index in [1.54, 1.807) is 0 Å². The third kappa shape index (κ3) is 2.45.